The van der Waals surface area contributed by atoms with Gasteiger partial charge in [0.25, 0.3) is 0 Å². The molecule has 0 bridgehead atoms. The van der Waals surface area contributed by atoms with Gasteiger partial charge in [0.15, 0.2) is 0 Å². The van der Waals surface area contributed by atoms with Gasteiger partial charge in [0.2, 0.25) is 0 Å². The predicted molar refractivity (Wildman–Crippen MR) is 46.6 cm³/mol. The van der Waals surface area contributed by atoms with Crippen LogP contribution in [0, 0.1) is 0 Å². The number of ketones is 1. The molecular weight excluding hydrogens is 119 g/mol. The summed E-state index contributed by atoms with van der Waals surface area (Å²) in [5.74, 6) is 0.325. The molecule has 1 nitrogen and oxygen atoms in total. The summed E-state index contributed by atoms with van der Waals surface area (Å²) in [7, 11) is 0. The van der Waals surface area contributed by atoms with Crippen LogP contribution in [0.5, 0.6) is 0 Å². The monoisotopic (exact) mass is 136 g/mol. The minimum absolute atomic E-state index is 0. The van der Waals surface area contributed by atoms with Gasteiger partial charge in [-0.25, -0.2) is 0 Å². The summed E-state index contributed by atoms with van der Waals surface area (Å²) < 4.78 is 0. The number of Topliss-reactive ketones (excluding diaryl/α,β-unsaturated/α-hetero) is 1. The normalized spacial score (nSPS) is 8.60. The Kier molecular flexibility index (Phi) is 12.0. The number of hydrogen-bond acceptors (Lipinski definition) is 1. The molecule has 2 heteroatoms. The molecule has 0 amide bonds. The van der Waals surface area contributed by atoms with Crippen LogP contribution in [0.3, 0.4) is 0 Å². The second-order valence-corrected chi connectivity index (χ2v) is 2.51. The Morgan fingerprint density at radius 1 is 1.20 bits per heavy atom. The van der Waals surface area contributed by atoms with Gasteiger partial charge < -0.3 is 4.79 Å². The fraction of sp³-hybridized carbons (Fsp3) is 0.875. The second kappa shape index (κ2) is 9.27. The van der Waals surface area contributed by atoms with Gasteiger partial charge in [-0.3, -0.25) is 0 Å². The molecular formula is C8H17LiO. The van der Waals surface area contributed by atoms with Gasteiger partial charge in [0.1, 0.15) is 5.78 Å². The van der Waals surface area contributed by atoms with Crippen LogP contribution in [-0.2, 0) is 4.79 Å². The molecule has 0 N–H and O–H groups in total. The van der Waals surface area contributed by atoms with Gasteiger partial charge in [0.05, 0.1) is 0 Å². The Morgan fingerprint density at radius 2 is 1.80 bits per heavy atom. The van der Waals surface area contributed by atoms with Crippen molar-refractivity contribution in [3.05, 3.63) is 0 Å². The van der Waals surface area contributed by atoms with Gasteiger partial charge >= 0.3 is 18.9 Å². The fourth-order valence-electron chi connectivity index (χ4n) is 0.801. The fourth-order valence-corrected chi connectivity index (χ4v) is 0.801. The topological polar surface area (TPSA) is 17.1 Å². The number of hydrogen-bond donors (Lipinski definition) is 0. The first-order valence-corrected chi connectivity index (χ1v) is 3.76. The molecule has 0 rings (SSSR count). The van der Waals surface area contributed by atoms with Crippen molar-refractivity contribution in [3.63, 3.8) is 0 Å². The first-order valence-electron chi connectivity index (χ1n) is 3.76. The molecule has 0 atom stereocenters. The van der Waals surface area contributed by atoms with Crippen molar-refractivity contribution < 1.29 is 4.79 Å². The summed E-state index contributed by atoms with van der Waals surface area (Å²) >= 11 is 0. The van der Waals surface area contributed by atoms with Crippen LogP contribution in [0.15, 0.2) is 0 Å². The maximum atomic E-state index is 10.4. The molecule has 0 saturated heterocycles. The molecule has 0 aliphatic rings. The molecule has 0 aromatic carbocycles. The van der Waals surface area contributed by atoms with Crippen LogP contribution in [-0.4, -0.2) is 24.6 Å². The van der Waals surface area contributed by atoms with E-state index in [1.165, 1.54) is 19.3 Å². The average Bonchev–Trinajstić information content (AvgIpc) is 1.80. The molecule has 0 aromatic rings. The van der Waals surface area contributed by atoms with Crippen LogP contribution >= 0.6 is 0 Å². The van der Waals surface area contributed by atoms with Crippen LogP contribution < -0.4 is 0 Å². The molecule has 0 spiro atoms. The Hall–Kier alpha value is 0.267. The number of carbonyl (C=O) groups is 1. The van der Waals surface area contributed by atoms with Gasteiger partial charge in [-0.2, -0.15) is 0 Å². The number of unbranched alkanes of at least 4 members (excludes halogenated alkanes) is 3. The van der Waals surface area contributed by atoms with E-state index in [1.54, 1.807) is 6.92 Å². The minimum atomic E-state index is 0. The van der Waals surface area contributed by atoms with Gasteiger partial charge in [-0.15, -0.1) is 0 Å². The number of carbonyl (C=O) groups excluding carboxylic acids is 1. The molecule has 0 unspecified atom stereocenters. The van der Waals surface area contributed by atoms with Crippen molar-refractivity contribution in [2.24, 2.45) is 0 Å². The molecule has 0 aliphatic carbocycles. The van der Waals surface area contributed by atoms with Crippen molar-refractivity contribution in [2.75, 3.05) is 0 Å². The molecule has 0 radical (unpaired) electrons. The van der Waals surface area contributed by atoms with E-state index < -0.39 is 0 Å². The Balaban J connectivity index is 0. The molecule has 0 heterocycles. The third kappa shape index (κ3) is 11.1. The summed E-state index contributed by atoms with van der Waals surface area (Å²) in [6.07, 6.45) is 5.60. The first kappa shape index (κ1) is 12.9. The third-order valence-electron chi connectivity index (χ3n) is 1.38. The van der Waals surface area contributed by atoms with E-state index in [4.69, 9.17) is 0 Å². The SMILES string of the molecule is CCCCCCC(C)=O.[LiH]. The Labute approximate surface area is 75.8 Å². The Morgan fingerprint density at radius 3 is 2.20 bits per heavy atom. The van der Waals surface area contributed by atoms with E-state index >= 15 is 0 Å². The average molecular weight is 136 g/mol. The molecule has 0 aromatic heterocycles. The first-order chi connectivity index (χ1) is 4.27. The zero-order valence-electron chi connectivity index (χ0n) is 6.44. The summed E-state index contributed by atoms with van der Waals surface area (Å²) in [5, 5.41) is 0. The van der Waals surface area contributed by atoms with Crippen LogP contribution in [0.4, 0.5) is 0 Å². The Bertz CT molecular complexity index is 81.3. The maximum absolute atomic E-state index is 10.4. The molecule has 0 saturated carbocycles. The van der Waals surface area contributed by atoms with Gasteiger partial charge in [-0.1, -0.05) is 26.2 Å². The van der Waals surface area contributed by atoms with Crippen LogP contribution in [0.2, 0.25) is 0 Å². The molecule has 0 aliphatic heterocycles. The van der Waals surface area contributed by atoms with Crippen molar-refractivity contribution in [2.45, 2.75) is 46.0 Å². The van der Waals surface area contributed by atoms with E-state index in [1.807, 2.05) is 0 Å². The van der Waals surface area contributed by atoms with Crippen molar-refractivity contribution in [1.29, 1.82) is 0 Å². The van der Waals surface area contributed by atoms with Crippen LogP contribution in [0.1, 0.15) is 46.0 Å². The van der Waals surface area contributed by atoms with Gasteiger partial charge in [0, 0.05) is 6.42 Å². The summed E-state index contributed by atoms with van der Waals surface area (Å²) in [4.78, 5) is 10.4. The van der Waals surface area contributed by atoms with E-state index in [9.17, 15) is 4.79 Å². The van der Waals surface area contributed by atoms with Crippen molar-refractivity contribution in [3.8, 4) is 0 Å². The second-order valence-electron chi connectivity index (χ2n) is 2.51. The molecule has 10 heavy (non-hydrogen) atoms. The summed E-state index contributed by atoms with van der Waals surface area (Å²) in [6, 6.07) is 0. The van der Waals surface area contributed by atoms with Gasteiger partial charge in [-0.05, 0) is 13.3 Å². The molecule has 56 valence electrons. The predicted octanol–water partition coefficient (Wildman–Crippen LogP) is 1.90. The number of rotatable bonds is 5. The van der Waals surface area contributed by atoms with E-state index in [0.29, 0.717) is 5.78 Å². The van der Waals surface area contributed by atoms with Crippen LogP contribution in [0.25, 0.3) is 0 Å². The van der Waals surface area contributed by atoms with E-state index in [-0.39, 0.29) is 18.9 Å². The zero-order chi connectivity index (χ0) is 7.11. The van der Waals surface area contributed by atoms with E-state index in [2.05, 4.69) is 6.92 Å². The quantitative estimate of drug-likeness (QED) is 0.416. The molecule has 0 fully saturated rings. The third-order valence-corrected chi connectivity index (χ3v) is 1.38. The zero-order valence-corrected chi connectivity index (χ0v) is 6.44. The standard InChI is InChI=1S/C8H16O.Li.H/c1-3-4-5-6-7-8(2)9;;/h3-7H2,1-2H3;;. The van der Waals surface area contributed by atoms with Crippen molar-refractivity contribution >= 4 is 24.6 Å². The van der Waals surface area contributed by atoms with Crippen molar-refractivity contribution in [1.82, 2.24) is 0 Å². The van der Waals surface area contributed by atoms with E-state index in [0.717, 1.165) is 12.8 Å². The summed E-state index contributed by atoms with van der Waals surface area (Å²) in [6.45, 7) is 3.83. The summed E-state index contributed by atoms with van der Waals surface area (Å²) in [5.41, 5.74) is 0.